The molecule has 0 aliphatic carbocycles. The first-order valence-electron chi connectivity index (χ1n) is 6.07. The second-order valence-corrected chi connectivity index (χ2v) is 5.40. The number of halogens is 1. The monoisotopic (exact) mass is 282 g/mol. The van der Waals surface area contributed by atoms with Crippen LogP contribution in [0.2, 0.25) is 5.15 Å². The van der Waals surface area contributed by atoms with Gasteiger partial charge in [0.15, 0.2) is 0 Å². The molecule has 1 aliphatic heterocycles. The van der Waals surface area contributed by atoms with Crippen LogP contribution in [0.3, 0.4) is 0 Å². The van der Waals surface area contributed by atoms with E-state index in [2.05, 4.69) is 4.98 Å². The van der Waals surface area contributed by atoms with Crippen LogP contribution >= 0.6 is 11.6 Å². The lowest BCUT2D eigenvalue weighted by atomic mass is 9.82. The summed E-state index contributed by atoms with van der Waals surface area (Å²) in [6.07, 6.45) is 2.76. The number of hydrogen-bond donors (Lipinski definition) is 1. The Morgan fingerprint density at radius 1 is 1.53 bits per heavy atom. The van der Waals surface area contributed by atoms with Crippen molar-refractivity contribution in [3.8, 4) is 0 Å². The number of carbonyl (C=O) groups is 2. The fourth-order valence-corrected chi connectivity index (χ4v) is 2.50. The minimum absolute atomic E-state index is 0.148. The maximum Gasteiger partial charge on any atom is 0.311 e. The van der Waals surface area contributed by atoms with Gasteiger partial charge in [0.25, 0.3) is 5.91 Å². The highest BCUT2D eigenvalue weighted by Crippen LogP contribution is 2.30. The molecule has 1 saturated heterocycles. The zero-order chi connectivity index (χ0) is 14.0. The molecule has 5 nitrogen and oxygen atoms in total. The van der Waals surface area contributed by atoms with E-state index >= 15 is 0 Å². The molecule has 1 unspecified atom stereocenters. The fraction of sp³-hybridized carbons (Fsp3) is 0.462. The topological polar surface area (TPSA) is 70.5 Å². The van der Waals surface area contributed by atoms with Gasteiger partial charge < -0.3 is 10.0 Å². The third-order valence-electron chi connectivity index (χ3n) is 3.49. The van der Waals surface area contributed by atoms with Gasteiger partial charge in [0.2, 0.25) is 0 Å². The van der Waals surface area contributed by atoms with Crippen LogP contribution in [0.1, 0.15) is 30.1 Å². The summed E-state index contributed by atoms with van der Waals surface area (Å²) in [6, 6.07) is 3.24. The van der Waals surface area contributed by atoms with Gasteiger partial charge in [-0.05, 0) is 31.9 Å². The SMILES string of the molecule is CC1(C(=O)O)CCCN(C(=O)c2cccnc2Cl)C1. The number of hydrogen-bond acceptors (Lipinski definition) is 3. The number of aromatic nitrogens is 1. The van der Waals surface area contributed by atoms with Gasteiger partial charge >= 0.3 is 5.97 Å². The molecular formula is C13H15ClN2O3. The third kappa shape index (κ3) is 2.71. The summed E-state index contributed by atoms with van der Waals surface area (Å²) in [6.45, 7) is 2.42. The first kappa shape index (κ1) is 13.8. The zero-order valence-electron chi connectivity index (χ0n) is 10.6. The maximum absolute atomic E-state index is 12.3. The number of amides is 1. The highest BCUT2D eigenvalue weighted by atomic mass is 35.5. The van der Waals surface area contributed by atoms with Crippen LogP contribution in [0.5, 0.6) is 0 Å². The van der Waals surface area contributed by atoms with E-state index in [1.54, 1.807) is 24.0 Å². The van der Waals surface area contributed by atoms with E-state index in [1.165, 1.54) is 6.20 Å². The Labute approximate surface area is 116 Å². The first-order valence-corrected chi connectivity index (χ1v) is 6.45. The number of aliphatic carboxylic acids is 1. The quantitative estimate of drug-likeness (QED) is 0.843. The Kier molecular flexibility index (Phi) is 3.75. The highest BCUT2D eigenvalue weighted by Gasteiger charge is 2.39. The maximum atomic E-state index is 12.3. The van der Waals surface area contributed by atoms with Gasteiger partial charge in [-0.15, -0.1) is 0 Å². The molecule has 1 aromatic rings. The van der Waals surface area contributed by atoms with Crippen molar-refractivity contribution in [3.05, 3.63) is 29.0 Å². The van der Waals surface area contributed by atoms with Gasteiger partial charge in [-0.25, -0.2) is 4.98 Å². The summed E-state index contributed by atoms with van der Waals surface area (Å²) in [7, 11) is 0. The van der Waals surface area contributed by atoms with Crippen LogP contribution in [0.15, 0.2) is 18.3 Å². The molecule has 6 heteroatoms. The number of pyridine rings is 1. The van der Waals surface area contributed by atoms with Crippen molar-refractivity contribution >= 4 is 23.5 Å². The predicted octanol–water partition coefficient (Wildman–Crippen LogP) is 2.06. The molecule has 19 heavy (non-hydrogen) atoms. The van der Waals surface area contributed by atoms with Crippen LogP contribution in [0.4, 0.5) is 0 Å². The predicted molar refractivity (Wildman–Crippen MR) is 70.1 cm³/mol. The van der Waals surface area contributed by atoms with E-state index in [-0.39, 0.29) is 17.6 Å². The average Bonchev–Trinajstić information content (AvgIpc) is 2.38. The minimum atomic E-state index is -0.886. The van der Waals surface area contributed by atoms with Gasteiger partial charge in [0, 0.05) is 19.3 Å². The summed E-state index contributed by atoms with van der Waals surface area (Å²) in [4.78, 5) is 29.0. The van der Waals surface area contributed by atoms with Gasteiger partial charge in [-0.3, -0.25) is 9.59 Å². The molecule has 0 saturated carbocycles. The Bertz CT molecular complexity index is 520. The van der Waals surface area contributed by atoms with Crippen LogP contribution in [0.25, 0.3) is 0 Å². The second kappa shape index (κ2) is 5.17. The van der Waals surface area contributed by atoms with E-state index in [4.69, 9.17) is 11.6 Å². The van der Waals surface area contributed by atoms with Gasteiger partial charge in [-0.2, -0.15) is 0 Å². The van der Waals surface area contributed by atoms with Crippen LogP contribution in [-0.4, -0.2) is 40.0 Å². The number of likely N-dealkylation sites (tertiary alicyclic amines) is 1. The number of carboxylic acids is 1. The van der Waals surface area contributed by atoms with E-state index in [9.17, 15) is 14.7 Å². The Morgan fingerprint density at radius 3 is 2.89 bits per heavy atom. The van der Waals surface area contributed by atoms with Crippen molar-refractivity contribution in [1.82, 2.24) is 9.88 Å². The van der Waals surface area contributed by atoms with Crippen LogP contribution in [0, 0.1) is 5.41 Å². The van der Waals surface area contributed by atoms with Crippen molar-refractivity contribution < 1.29 is 14.7 Å². The van der Waals surface area contributed by atoms with Crippen molar-refractivity contribution in [1.29, 1.82) is 0 Å². The van der Waals surface area contributed by atoms with Gasteiger partial charge in [0.05, 0.1) is 11.0 Å². The van der Waals surface area contributed by atoms with E-state index in [1.807, 2.05) is 0 Å². The summed E-state index contributed by atoms with van der Waals surface area (Å²) < 4.78 is 0. The molecule has 0 spiro atoms. The fourth-order valence-electron chi connectivity index (χ4n) is 2.30. The summed E-state index contributed by atoms with van der Waals surface area (Å²) in [5.74, 6) is -1.13. The largest absolute Gasteiger partial charge is 0.481 e. The Hall–Kier alpha value is -1.62. The summed E-state index contributed by atoms with van der Waals surface area (Å²) >= 11 is 5.90. The molecule has 0 radical (unpaired) electrons. The third-order valence-corrected chi connectivity index (χ3v) is 3.79. The molecule has 2 heterocycles. The number of rotatable bonds is 2. The smallest absolute Gasteiger partial charge is 0.311 e. The molecular weight excluding hydrogens is 268 g/mol. The number of nitrogens with zero attached hydrogens (tertiary/aromatic N) is 2. The summed E-state index contributed by atoms with van der Waals surface area (Å²) in [5, 5.41) is 9.39. The zero-order valence-corrected chi connectivity index (χ0v) is 11.4. The lowest BCUT2D eigenvalue weighted by Gasteiger charge is -2.37. The number of carboxylic acid groups (broad SMARTS) is 1. The minimum Gasteiger partial charge on any atom is -0.481 e. The molecule has 0 bridgehead atoms. The van der Waals surface area contributed by atoms with Gasteiger partial charge in [-0.1, -0.05) is 11.6 Å². The molecule has 1 fully saturated rings. The van der Waals surface area contributed by atoms with E-state index < -0.39 is 11.4 Å². The molecule has 1 N–H and O–H groups in total. The average molecular weight is 283 g/mol. The van der Waals surface area contributed by atoms with Gasteiger partial charge in [0.1, 0.15) is 5.15 Å². The summed E-state index contributed by atoms with van der Waals surface area (Å²) in [5.41, 5.74) is -0.568. The number of piperidine rings is 1. The Balaban J connectivity index is 2.21. The lowest BCUT2D eigenvalue weighted by Crippen LogP contribution is -2.48. The van der Waals surface area contributed by atoms with Crippen LogP contribution in [-0.2, 0) is 4.79 Å². The highest BCUT2D eigenvalue weighted by molar-refractivity contribution is 6.32. The lowest BCUT2D eigenvalue weighted by molar-refractivity contribution is -0.150. The van der Waals surface area contributed by atoms with Crippen molar-refractivity contribution in [3.63, 3.8) is 0 Å². The standard InChI is InChI=1S/C13H15ClN2O3/c1-13(12(18)19)5-3-7-16(8-13)11(17)9-4-2-6-15-10(9)14/h2,4,6H,3,5,7-8H2,1H3,(H,18,19). The number of carbonyl (C=O) groups excluding carboxylic acids is 1. The first-order chi connectivity index (χ1) is 8.94. The molecule has 1 aromatic heterocycles. The molecule has 0 aromatic carbocycles. The van der Waals surface area contributed by atoms with Crippen molar-refractivity contribution in [2.45, 2.75) is 19.8 Å². The van der Waals surface area contributed by atoms with E-state index in [0.717, 1.165) is 0 Å². The molecule has 1 amide bonds. The second-order valence-electron chi connectivity index (χ2n) is 5.04. The molecule has 1 aliphatic rings. The molecule has 2 rings (SSSR count). The van der Waals surface area contributed by atoms with Crippen molar-refractivity contribution in [2.75, 3.05) is 13.1 Å². The molecule has 1 atom stereocenters. The van der Waals surface area contributed by atoms with Crippen LogP contribution < -0.4 is 0 Å². The normalized spacial score (nSPS) is 23.2. The van der Waals surface area contributed by atoms with E-state index in [0.29, 0.717) is 24.9 Å². The Morgan fingerprint density at radius 2 is 2.26 bits per heavy atom. The molecule has 102 valence electrons. The van der Waals surface area contributed by atoms with Crippen molar-refractivity contribution in [2.24, 2.45) is 5.41 Å².